The van der Waals surface area contributed by atoms with Gasteiger partial charge in [0.25, 0.3) is 0 Å². The van der Waals surface area contributed by atoms with Crippen LogP contribution in [0.4, 0.5) is 10.5 Å². The Balaban J connectivity index is 2.76. The molecule has 7 heteroatoms. The number of benzene rings is 1. The Labute approximate surface area is 116 Å². The van der Waals surface area contributed by atoms with Gasteiger partial charge in [-0.05, 0) is 12.1 Å². The molecule has 0 bridgehead atoms. The average Bonchev–Trinajstić information content (AvgIpc) is 2.42. The summed E-state index contributed by atoms with van der Waals surface area (Å²) in [5.74, 6) is -1.41. The van der Waals surface area contributed by atoms with E-state index in [2.05, 4.69) is 5.32 Å². The topological polar surface area (TPSA) is 90.0 Å². The molecule has 0 aliphatic carbocycles. The Kier molecular flexibility index (Phi) is 5.52. The number of amides is 3. The Morgan fingerprint density at radius 1 is 1.15 bits per heavy atom. The Bertz CT molecular complexity index is 488. The van der Waals surface area contributed by atoms with Gasteiger partial charge in [0.2, 0.25) is 5.91 Å². The molecule has 0 aromatic heterocycles. The summed E-state index contributed by atoms with van der Waals surface area (Å²) in [6, 6.07) is 7.77. The number of aliphatic carboxylic acids is 1. The van der Waals surface area contributed by atoms with Crippen LogP contribution in [0, 0.1) is 0 Å². The van der Waals surface area contributed by atoms with E-state index in [0.29, 0.717) is 5.69 Å². The number of carboxylic acids is 1. The van der Waals surface area contributed by atoms with Crippen LogP contribution in [-0.2, 0) is 9.59 Å². The lowest BCUT2D eigenvalue weighted by molar-refractivity contribution is -0.135. The van der Waals surface area contributed by atoms with Gasteiger partial charge in [0.1, 0.15) is 6.54 Å². The highest BCUT2D eigenvalue weighted by molar-refractivity contribution is 5.97. The average molecular weight is 279 g/mol. The lowest BCUT2D eigenvalue weighted by Crippen LogP contribution is -2.46. The van der Waals surface area contributed by atoms with E-state index in [-0.39, 0.29) is 12.5 Å². The zero-order valence-corrected chi connectivity index (χ0v) is 11.4. The van der Waals surface area contributed by atoms with Crippen LogP contribution >= 0.6 is 0 Å². The predicted octanol–water partition coefficient (Wildman–Crippen LogP) is 0.375. The second-order valence-electron chi connectivity index (χ2n) is 4.26. The van der Waals surface area contributed by atoms with E-state index in [0.717, 1.165) is 4.90 Å². The molecule has 20 heavy (non-hydrogen) atoms. The lowest BCUT2D eigenvalue weighted by Gasteiger charge is -2.21. The molecule has 0 atom stereocenters. The Hall–Kier alpha value is -2.57. The van der Waals surface area contributed by atoms with Crippen molar-refractivity contribution in [3.05, 3.63) is 30.3 Å². The van der Waals surface area contributed by atoms with Gasteiger partial charge in [-0.25, -0.2) is 4.79 Å². The van der Waals surface area contributed by atoms with E-state index in [1.165, 1.54) is 4.90 Å². The number of likely N-dealkylation sites (N-methyl/N-ethyl adjacent to an activating group) is 1. The number of hydrogen-bond donors (Lipinski definition) is 2. The van der Waals surface area contributed by atoms with Crippen molar-refractivity contribution >= 4 is 23.6 Å². The van der Waals surface area contributed by atoms with Gasteiger partial charge in [-0.3, -0.25) is 14.5 Å². The molecule has 0 fully saturated rings. The number of nitrogens with zero attached hydrogens (tertiary/aromatic N) is 2. The fourth-order valence-electron chi connectivity index (χ4n) is 1.43. The van der Waals surface area contributed by atoms with Gasteiger partial charge in [-0.2, -0.15) is 0 Å². The summed E-state index contributed by atoms with van der Waals surface area (Å²) in [5, 5.41) is 11.3. The van der Waals surface area contributed by atoms with Crippen molar-refractivity contribution in [3.8, 4) is 0 Å². The highest BCUT2D eigenvalue weighted by atomic mass is 16.4. The van der Waals surface area contributed by atoms with Crippen molar-refractivity contribution in [2.24, 2.45) is 0 Å². The zero-order chi connectivity index (χ0) is 15.1. The van der Waals surface area contributed by atoms with Crippen molar-refractivity contribution in [2.75, 3.05) is 32.1 Å². The number of carbonyl (C=O) groups is 3. The number of nitrogens with one attached hydrogen (secondary N) is 1. The standard InChI is InChI=1S/C13H17N3O4/c1-15(2)11(17)8-14-13(20)16(9-12(18)19)10-6-4-3-5-7-10/h3-7H,8-9H2,1-2H3,(H,14,20)(H,18,19). The van der Waals surface area contributed by atoms with Crippen LogP contribution in [-0.4, -0.2) is 55.1 Å². The Morgan fingerprint density at radius 3 is 2.25 bits per heavy atom. The molecular weight excluding hydrogens is 262 g/mol. The molecule has 3 amide bonds. The summed E-state index contributed by atoms with van der Waals surface area (Å²) in [5.41, 5.74) is 0.449. The predicted molar refractivity (Wildman–Crippen MR) is 73.5 cm³/mol. The van der Waals surface area contributed by atoms with Crippen LogP contribution in [0.15, 0.2) is 30.3 Å². The van der Waals surface area contributed by atoms with Crippen LogP contribution < -0.4 is 10.2 Å². The second kappa shape index (κ2) is 7.13. The number of urea groups is 1. The maximum atomic E-state index is 12.0. The molecule has 0 saturated carbocycles. The minimum Gasteiger partial charge on any atom is -0.480 e. The summed E-state index contributed by atoms with van der Waals surface area (Å²) in [6.07, 6.45) is 0. The molecule has 0 unspecified atom stereocenters. The fraction of sp³-hybridized carbons (Fsp3) is 0.308. The highest BCUT2D eigenvalue weighted by Crippen LogP contribution is 2.12. The molecule has 0 heterocycles. The van der Waals surface area contributed by atoms with Gasteiger partial charge in [0.05, 0.1) is 6.54 Å². The number of carboxylic acid groups (broad SMARTS) is 1. The minimum atomic E-state index is -1.14. The monoisotopic (exact) mass is 279 g/mol. The smallest absolute Gasteiger partial charge is 0.323 e. The lowest BCUT2D eigenvalue weighted by atomic mass is 10.3. The first kappa shape index (κ1) is 15.5. The van der Waals surface area contributed by atoms with Gasteiger partial charge >= 0.3 is 12.0 Å². The van der Waals surface area contributed by atoms with Crippen molar-refractivity contribution < 1.29 is 19.5 Å². The number of anilines is 1. The largest absolute Gasteiger partial charge is 0.480 e. The van der Waals surface area contributed by atoms with Gasteiger partial charge in [0, 0.05) is 19.8 Å². The molecule has 2 N–H and O–H groups in total. The third-order valence-corrected chi connectivity index (χ3v) is 2.50. The normalized spacial score (nSPS) is 9.70. The number of carbonyl (C=O) groups excluding carboxylic acids is 2. The van der Waals surface area contributed by atoms with E-state index in [9.17, 15) is 14.4 Å². The number of rotatable bonds is 5. The van der Waals surface area contributed by atoms with Crippen LogP contribution in [0.2, 0.25) is 0 Å². The van der Waals surface area contributed by atoms with Crippen LogP contribution in [0.25, 0.3) is 0 Å². The Morgan fingerprint density at radius 2 is 1.75 bits per heavy atom. The summed E-state index contributed by atoms with van der Waals surface area (Å²) in [6.45, 7) is -0.666. The molecule has 1 rings (SSSR count). The first-order chi connectivity index (χ1) is 9.41. The highest BCUT2D eigenvalue weighted by Gasteiger charge is 2.19. The molecule has 1 aromatic rings. The first-order valence-electron chi connectivity index (χ1n) is 5.94. The third kappa shape index (κ3) is 4.60. The second-order valence-corrected chi connectivity index (χ2v) is 4.26. The van der Waals surface area contributed by atoms with E-state index >= 15 is 0 Å². The fourth-order valence-corrected chi connectivity index (χ4v) is 1.43. The van der Waals surface area contributed by atoms with E-state index in [1.54, 1.807) is 44.4 Å². The molecule has 0 radical (unpaired) electrons. The number of hydrogen-bond acceptors (Lipinski definition) is 3. The van der Waals surface area contributed by atoms with Crippen molar-refractivity contribution in [2.45, 2.75) is 0 Å². The maximum absolute atomic E-state index is 12.0. The van der Waals surface area contributed by atoms with Crippen molar-refractivity contribution in [3.63, 3.8) is 0 Å². The summed E-state index contributed by atoms with van der Waals surface area (Å²) in [4.78, 5) is 36.6. The molecule has 0 aliphatic rings. The van der Waals surface area contributed by atoms with E-state index in [4.69, 9.17) is 5.11 Å². The molecule has 0 aliphatic heterocycles. The van der Waals surface area contributed by atoms with Crippen LogP contribution in [0.5, 0.6) is 0 Å². The maximum Gasteiger partial charge on any atom is 0.323 e. The van der Waals surface area contributed by atoms with Crippen LogP contribution in [0.3, 0.4) is 0 Å². The van der Waals surface area contributed by atoms with E-state index in [1.807, 2.05) is 0 Å². The summed E-state index contributed by atoms with van der Waals surface area (Å²) in [7, 11) is 3.14. The van der Waals surface area contributed by atoms with Gasteiger partial charge in [-0.1, -0.05) is 18.2 Å². The van der Waals surface area contributed by atoms with Gasteiger partial charge < -0.3 is 15.3 Å². The molecule has 0 saturated heterocycles. The molecule has 1 aromatic carbocycles. The van der Waals surface area contributed by atoms with Crippen LogP contribution in [0.1, 0.15) is 0 Å². The van der Waals surface area contributed by atoms with Gasteiger partial charge in [0.15, 0.2) is 0 Å². The minimum absolute atomic E-state index is 0.186. The quantitative estimate of drug-likeness (QED) is 0.815. The van der Waals surface area contributed by atoms with E-state index < -0.39 is 18.5 Å². The molecule has 0 spiro atoms. The molecule has 108 valence electrons. The summed E-state index contributed by atoms with van der Waals surface area (Å²) >= 11 is 0. The third-order valence-electron chi connectivity index (χ3n) is 2.50. The molecular formula is C13H17N3O4. The number of para-hydroxylation sites is 1. The van der Waals surface area contributed by atoms with Crippen molar-refractivity contribution in [1.29, 1.82) is 0 Å². The van der Waals surface area contributed by atoms with Gasteiger partial charge in [-0.15, -0.1) is 0 Å². The molecule has 7 nitrogen and oxygen atoms in total. The summed E-state index contributed by atoms with van der Waals surface area (Å²) < 4.78 is 0. The SMILES string of the molecule is CN(C)C(=O)CNC(=O)N(CC(=O)O)c1ccccc1. The van der Waals surface area contributed by atoms with Crippen molar-refractivity contribution in [1.82, 2.24) is 10.2 Å². The zero-order valence-electron chi connectivity index (χ0n) is 11.4. The first-order valence-corrected chi connectivity index (χ1v) is 5.94.